The van der Waals surface area contributed by atoms with E-state index in [1.54, 1.807) is 14.2 Å². The molecule has 0 spiro atoms. The highest BCUT2D eigenvalue weighted by Crippen LogP contribution is 2.28. The van der Waals surface area contributed by atoms with Crippen molar-refractivity contribution in [3.63, 3.8) is 0 Å². The molecule has 1 amide bonds. The van der Waals surface area contributed by atoms with Gasteiger partial charge in [-0.05, 0) is 36.5 Å². The van der Waals surface area contributed by atoms with E-state index in [-0.39, 0.29) is 17.6 Å². The minimum Gasteiger partial charge on any atom is -0.493 e. The van der Waals surface area contributed by atoms with Crippen molar-refractivity contribution in [2.24, 2.45) is 5.92 Å². The molecular formula is C19H30N2O5S. The Hall–Kier alpha value is -1.80. The summed E-state index contributed by atoms with van der Waals surface area (Å²) in [7, 11) is -0.0520. The van der Waals surface area contributed by atoms with Gasteiger partial charge < -0.3 is 14.4 Å². The molecule has 1 aliphatic heterocycles. The van der Waals surface area contributed by atoms with Crippen molar-refractivity contribution in [1.29, 1.82) is 0 Å². The predicted molar refractivity (Wildman–Crippen MR) is 105 cm³/mol. The van der Waals surface area contributed by atoms with Gasteiger partial charge in [-0.3, -0.25) is 4.79 Å². The van der Waals surface area contributed by atoms with Crippen LogP contribution < -0.4 is 14.2 Å². The topological polar surface area (TPSA) is 84.9 Å². The lowest BCUT2D eigenvalue weighted by Crippen LogP contribution is -2.33. The zero-order valence-electron chi connectivity index (χ0n) is 16.4. The SMILES string of the molecule is CCCCS(=O)(=O)NCC1CC(=O)N(CCc2ccc(OC)c(OC)c2)C1. The number of sulfonamides is 1. The highest BCUT2D eigenvalue weighted by molar-refractivity contribution is 7.89. The highest BCUT2D eigenvalue weighted by Gasteiger charge is 2.29. The van der Waals surface area contributed by atoms with Crippen molar-refractivity contribution < 1.29 is 22.7 Å². The van der Waals surface area contributed by atoms with Crippen LogP contribution >= 0.6 is 0 Å². The molecule has 2 rings (SSSR count). The molecule has 8 heteroatoms. The third-order valence-corrected chi connectivity index (χ3v) is 6.20. The van der Waals surface area contributed by atoms with Crippen LogP contribution in [0.2, 0.25) is 0 Å². The van der Waals surface area contributed by atoms with Crippen LogP contribution in [0.5, 0.6) is 11.5 Å². The summed E-state index contributed by atoms with van der Waals surface area (Å²) in [5.74, 6) is 1.59. The molecule has 0 bridgehead atoms. The van der Waals surface area contributed by atoms with Gasteiger partial charge in [-0.25, -0.2) is 13.1 Å². The van der Waals surface area contributed by atoms with Crippen LogP contribution in [-0.2, 0) is 21.2 Å². The van der Waals surface area contributed by atoms with Crippen molar-refractivity contribution in [1.82, 2.24) is 9.62 Å². The molecular weight excluding hydrogens is 368 g/mol. The van der Waals surface area contributed by atoms with Crippen molar-refractivity contribution in [2.45, 2.75) is 32.6 Å². The molecule has 1 aromatic rings. The number of nitrogens with zero attached hydrogens (tertiary/aromatic N) is 1. The predicted octanol–water partition coefficient (Wildman–Crippen LogP) is 1.81. The number of methoxy groups -OCH3 is 2. The molecule has 7 nitrogen and oxygen atoms in total. The van der Waals surface area contributed by atoms with Crippen LogP contribution in [0.1, 0.15) is 31.7 Å². The molecule has 27 heavy (non-hydrogen) atoms. The van der Waals surface area contributed by atoms with Crippen LogP contribution in [0.4, 0.5) is 0 Å². The quantitative estimate of drug-likeness (QED) is 0.615. The highest BCUT2D eigenvalue weighted by atomic mass is 32.2. The Balaban J connectivity index is 1.84. The normalized spacial score (nSPS) is 17.4. The fourth-order valence-corrected chi connectivity index (χ4v) is 4.46. The first-order valence-electron chi connectivity index (χ1n) is 9.34. The molecule has 1 N–H and O–H groups in total. The number of amides is 1. The van der Waals surface area contributed by atoms with Gasteiger partial charge in [0.05, 0.1) is 20.0 Å². The number of ether oxygens (including phenoxy) is 2. The van der Waals surface area contributed by atoms with Crippen LogP contribution in [0.3, 0.4) is 0 Å². The Morgan fingerprint density at radius 2 is 1.96 bits per heavy atom. The van der Waals surface area contributed by atoms with E-state index in [0.29, 0.717) is 50.4 Å². The van der Waals surface area contributed by atoms with Gasteiger partial charge >= 0.3 is 0 Å². The summed E-state index contributed by atoms with van der Waals surface area (Å²) in [5, 5.41) is 0. The molecule has 0 aliphatic carbocycles. The van der Waals surface area contributed by atoms with Gasteiger partial charge in [0, 0.05) is 26.1 Å². The van der Waals surface area contributed by atoms with Gasteiger partial charge in [0.2, 0.25) is 15.9 Å². The van der Waals surface area contributed by atoms with Gasteiger partial charge in [0.1, 0.15) is 0 Å². The maximum absolute atomic E-state index is 12.2. The van der Waals surface area contributed by atoms with Gasteiger partial charge in [-0.15, -0.1) is 0 Å². The Morgan fingerprint density at radius 1 is 1.22 bits per heavy atom. The zero-order chi connectivity index (χ0) is 19.9. The first-order valence-corrected chi connectivity index (χ1v) is 11.0. The number of unbranched alkanes of at least 4 members (excludes halogenated alkanes) is 1. The Kier molecular flexibility index (Phi) is 7.91. The number of hydrogen-bond acceptors (Lipinski definition) is 5. The zero-order valence-corrected chi connectivity index (χ0v) is 17.2. The number of nitrogens with one attached hydrogen (secondary N) is 1. The maximum Gasteiger partial charge on any atom is 0.222 e. The van der Waals surface area contributed by atoms with E-state index in [9.17, 15) is 13.2 Å². The number of benzene rings is 1. The Bertz CT molecular complexity index is 736. The number of likely N-dealkylation sites (tertiary alicyclic amines) is 1. The molecule has 1 fully saturated rings. The molecule has 152 valence electrons. The average Bonchev–Trinajstić information content (AvgIpc) is 3.02. The third-order valence-electron chi connectivity index (χ3n) is 4.77. The van der Waals surface area contributed by atoms with Crippen molar-refractivity contribution in [3.05, 3.63) is 23.8 Å². The van der Waals surface area contributed by atoms with Gasteiger partial charge in [-0.1, -0.05) is 19.4 Å². The second-order valence-corrected chi connectivity index (χ2v) is 8.80. The van der Waals surface area contributed by atoms with E-state index in [1.807, 2.05) is 30.0 Å². The fourth-order valence-electron chi connectivity index (χ4n) is 3.16. The Morgan fingerprint density at radius 3 is 2.63 bits per heavy atom. The maximum atomic E-state index is 12.2. The van der Waals surface area contributed by atoms with Crippen molar-refractivity contribution in [3.8, 4) is 11.5 Å². The summed E-state index contributed by atoms with van der Waals surface area (Å²) < 4.78 is 37.0. The lowest BCUT2D eigenvalue weighted by molar-refractivity contribution is -0.127. The number of carbonyl (C=O) groups is 1. The molecule has 1 aliphatic rings. The van der Waals surface area contributed by atoms with Gasteiger partial charge in [0.25, 0.3) is 0 Å². The van der Waals surface area contributed by atoms with Crippen LogP contribution in [-0.4, -0.2) is 58.8 Å². The minimum atomic E-state index is -3.24. The van der Waals surface area contributed by atoms with Crippen molar-refractivity contribution >= 4 is 15.9 Å². The molecule has 0 saturated carbocycles. The standard InChI is InChI=1S/C19H30N2O5S/c1-4-5-10-27(23,24)20-13-16-12-19(22)21(14-16)9-8-15-6-7-17(25-2)18(11-15)26-3/h6-7,11,16,20H,4-5,8-10,12-14H2,1-3H3. The lowest BCUT2D eigenvalue weighted by atomic mass is 10.1. The van der Waals surface area contributed by atoms with E-state index < -0.39 is 10.0 Å². The molecule has 0 aromatic heterocycles. The Labute approximate surface area is 162 Å². The number of carbonyl (C=O) groups excluding carboxylic acids is 1. The van der Waals surface area contributed by atoms with E-state index >= 15 is 0 Å². The van der Waals surface area contributed by atoms with Crippen molar-refractivity contribution in [2.75, 3.05) is 39.6 Å². The smallest absolute Gasteiger partial charge is 0.222 e. The second kappa shape index (κ2) is 9.94. The monoisotopic (exact) mass is 398 g/mol. The molecule has 1 aromatic carbocycles. The van der Waals surface area contributed by atoms with E-state index in [0.717, 1.165) is 12.0 Å². The van der Waals surface area contributed by atoms with Crippen LogP contribution in [0, 0.1) is 5.92 Å². The summed E-state index contributed by atoms with van der Waals surface area (Å²) >= 11 is 0. The first-order chi connectivity index (χ1) is 12.9. The summed E-state index contributed by atoms with van der Waals surface area (Å²) in [6.45, 7) is 3.47. The van der Waals surface area contributed by atoms with E-state index in [2.05, 4.69) is 4.72 Å². The fraction of sp³-hybridized carbons (Fsp3) is 0.632. The summed E-state index contributed by atoms with van der Waals surface area (Å²) in [6, 6.07) is 5.73. The van der Waals surface area contributed by atoms with Crippen LogP contribution in [0.15, 0.2) is 18.2 Å². The van der Waals surface area contributed by atoms with Gasteiger partial charge in [0.15, 0.2) is 11.5 Å². The molecule has 1 heterocycles. The van der Waals surface area contributed by atoms with Crippen LogP contribution in [0.25, 0.3) is 0 Å². The molecule has 1 saturated heterocycles. The van der Waals surface area contributed by atoms with Gasteiger partial charge in [-0.2, -0.15) is 0 Å². The number of rotatable bonds is 11. The second-order valence-electron chi connectivity index (χ2n) is 6.87. The minimum absolute atomic E-state index is 0.0271. The largest absolute Gasteiger partial charge is 0.493 e. The summed E-state index contributed by atoms with van der Waals surface area (Å²) in [6.07, 6.45) is 2.59. The molecule has 0 radical (unpaired) electrons. The van der Waals surface area contributed by atoms with E-state index in [4.69, 9.17) is 9.47 Å². The lowest BCUT2D eigenvalue weighted by Gasteiger charge is -2.17. The number of hydrogen-bond donors (Lipinski definition) is 1. The third kappa shape index (κ3) is 6.39. The first kappa shape index (κ1) is 21.5. The average molecular weight is 399 g/mol. The summed E-state index contributed by atoms with van der Waals surface area (Å²) in [5.41, 5.74) is 1.06. The summed E-state index contributed by atoms with van der Waals surface area (Å²) in [4.78, 5) is 14.0. The molecule has 1 atom stereocenters. The molecule has 1 unspecified atom stereocenters. The van der Waals surface area contributed by atoms with E-state index in [1.165, 1.54) is 0 Å².